The van der Waals surface area contributed by atoms with Gasteiger partial charge in [-0.2, -0.15) is 10.2 Å². The van der Waals surface area contributed by atoms with Gasteiger partial charge in [0.25, 0.3) is 0 Å². The molecule has 0 atom stereocenters. The zero-order chi connectivity index (χ0) is 16.0. The molecule has 0 spiro atoms. The predicted octanol–water partition coefficient (Wildman–Crippen LogP) is 2.88. The summed E-state index contributed by atoms with van der Waals surface area (Å²) in [6.07, 6.45) is 4.33. The molecule has 6 nitrogen and oxygen atoms in total. The second-order valence-electron chi connectivity index (χ2n) is 5.39. The van der Waals surface area contributed by atoms with Gasteiger partial charge in [0.1, 0.15) is 5.69 Å². The fraction of sp³-hybridized carbons (Fsp3) is 0.188. The molecule has 0 fully saturated rings. The van der Waals surface area contributed by atoms with Crippen molar-refractivity contribution in [3.05, 3.63) is 42.5 Å². The van der Waals surface area contributed by atoms with Crippen LogP contribution >= 0.6 is 0 Å². The Morgan fingerprint density at radius 1 is 1.30 bits per heavy atom. The first kappa shape index (κ1) is 13.7. The van der Waals surface area contributed by atoms with Crippen LogP contribution in [-0.2, 0) is 6.54 Å². The topological polar surface area (TPSA) is 74.0 Å². The Kier molecular flexibility index (Phi) is 3.00. The molecule has 7 heteroatoms. The molecule has 0 saturated carbocycles. The number of aryl methyl sites for hydroxylation is 1. The molecule has 0 aliphatic rings. The lowest BCUT2D eigenvalue weighted by molar-refractivity contribution is 0.613. The van der Waals surface area contributed by atoms with Crippen LogP contribution in [0.3, 0.4) is 0 Å². The monoisotopic (exact) mass is 310 g/mol. The van der Waals surface area contributed by atoms with Gasteiger partial charge < -0.3 is 5.73 Å². The number of pyridine rings is 2. The number of rotatable bonds is 3. The van der Waals surface area contributed by atoms with Gasteiger partial charge in [-0.1, -0.05) is 13.0 Å². The second-order valence-corrected chi connectivity index (χ2v) is 5.39. The number of nitrogens with zero attached hydrogens (tertiary/aromatic N) is 5. The summed E-state index contributed by atoms with van der Waals surface area (Å²) < 4.78 is 18.0. The Hall–Kier alpha value is -2.96. The van der Waals surface area contributed by atoms with Gasteiger partial charge in [0.2, 0.25) is 0 Å². The summed E-state index contributed by atoms with van der Waals surface area (Å²) in [7, 11) is 0. The Morgan fingerprint density at radius 3 is 3.00 bits per heavy atom. The predicted molar refractivity (Wildman–Crippen MR) is 86.4 cm³/mol. The molecule has 4 aromatic rings. The minimum atomic E-state index is -0.431. The van der Waals surface area contributed by atoms with Crippen LogP contribution in [0.1, 0.15) is 13.3 Å². The van der Waals surface area contributed by atoms with E-state index < -0.39 is 5.82 Å². The molecular formula is C16H15FN6. The molecule has 4 heterocycles. The summed E-state index contributed by atoms with van der Waals surface area (Å²) in [5.41, 5.74) is 8.18. The number of nitrogen functional groups attached to an aromatic ring is 1. The van der Waals surface area contributed by atoms with Crippen molar-refractivity contribution >= 4 is 22.4 Å². The van der Waals surface area contributed by atoms with Crippen molar-refractivity contribution in [1.29, 1.82) is 0 Å². The van der Waals surface area contributed by atoms with Crippen molar-refractivity contribution in [3.8, 4) is 11.3 Å². The van der Waals surface area contributed by atoms with E-state index in [2.05, 4.69) is 15.2 Å². The van der Waals surface area contributed by atoms with Crippen molar-refractivity contribution in [3.63, 3.8) is 0 Å². The third-order valence-corrected chi connectivity index (χ3v) is 3.82. The van der Waals surface area contributed by atoms with Gasteiger partial charge >= 0.3 is 0 Å². The van der Waals surface area contributed by atoms with Crippen LogP contribution in [0.15, 0.2) is 36.7 Å². The largest absolute Gasteiger partial charge is 0.382 e. The van der Waals surface area contributed by atoms with Crippen molar-refractivity contribution in [2.45, 2.75) is 19.9 Å². The van der Waals surface area contributed by atoms with E-state index in [1.807, 2.05) is 31.3 Å². The highest BCUT2D eigenvalue weighted by molar-refractivity contribution is 5.90. The number of fused-ring (bicyclic) bond motifs is 2. The molecular weight excluding hydrogens is 295 g/mol. The quantitative estimate of drug-likeness (QED) is 0.631. The maximum absolute atomic E-state index is 14.6. The van der Waals surface area contributed by atoms with E-state index in [1.165, 1.54) is 6.07 Å². The Labute approximate surface area is 131 Å². The number of aromatic nitrogens is 5. The fourth-order valence-electron chi connectivity index (χ4n) is 2.77. The minimum Gasteiger partial charge on any atom is -0.382 e. The van der Waals surface area contributed by atoms with Gasteiger partial charge in [0.15, 0.2) is 17.3 Å². The first-order chi connectivity index (χ1) is 11.2. The van der Waals surface area contributed by atoms with Crippen LogP contribution in [0.2, 0.25) is 0 Å². The van der Waals surface area contributed by atoms with Gasteiger partial charge in [0.05, 0.1) is 17.1 Å². The smallest absolute Gasteiger partial charge is 0.160 e. The Bertz CT molecular complexity index is 1020. The molecule has 0 radical (unpaired) electrons. The molecule has 23 heavy (non-hydrogen) atoms. The maximum atomic E-state index is 14.6. The average molecular weight is 310 g/mol. The van der Waals surface area contributed by atoms with Crippen LogP contribution < -0.4 is 5.73 Å². The summed E-state index contributed by atoms with van der Waals surface area (Å²) in [6.45, 7) is 2.72. The van der Waals surface area contributed by atoms with Crippen LogP contribution in [0.25, 0.3) is 27.8 Å². The van der Waals surface area contributed by atoms with Gasteiger partial charge in [-0.3, -0.25) is 0 Å². The summed E-state index contributed by atoms with van der Waals surface area (Å²) >= 11 is 0. The Morgan fingerprint density at radius 2 is 2.17 bits per heavy atom. The number of anilines is 1. The van der Waals surface area contributed by atoms with E-state index in [1.54, 1.807) is 15.4 Å². The number of halogens is 1. The summed E-state index contributed by atoms with van der Waals surface area (Å²) in [5.74, 6) is -0.134. The molecule has 0 aliphatic heterocycles. The lowest BCUT2D eigenvalue weighted by Crippen LogP contribution is -2.01. The lowest BCUT2D eigenvalue weighted by atomic mass is 10.1. The van der Waals surface area contributed by atoms with Gasteiger partial charge in [-0.15, -0.1) is 0 Å². The molecule has 4 aromatic heterocycles. The molecule has 4 rings (SSSR count). The number of hydrogen-bond donors (Lipinski definition) is 1. The minimum absolute atomic E-state index is 0.260. The number of hydrogen-bond acceptors (Lipinski definition) is 4. The summed E-state index contributed by atoms with van der Waals surface area (Å²) in [4.78, 5) is 4.50. The second kappa shape index (κ2) is 5.05. The highest BCUT2D eigenvalue weighted by atomic mass is 19.1. The van der Waals surface area contributed by atoms with Crippen molar-refractivity contribution in [2.24, 2.45) is 0 Å². The van der Waals surface area contributed by atoms with E-state index in [0.29, 0.717) is 29.0 Å². The molecule has 0 unspecified atom stereocenters. The Balaban J connectivity index is 2.00. The molecule has 0 aromatic carbocycles. The maximum Gasteiger partial charge on any atom is 0.160 e. The highest BCUT2D eigenvalue weighted by Gasteiger charge is 2.18. The van der Waals surface area contributed by atoms with Crippen LogP contribution in [0.4, 0.5) is 10.2 Å². The van der Waals surface area contributed by atoms with E-state index in [0.717, 1.165) is 11.9 Å². The number of nitrogens with two attached hydrogens (primary N) is 1. The molecule has 0 bridgehead atoms. The fourth-order valence-corrected chi connectivity index (χ4v) is 2.77. The zero-order valence-corrected chi connectivity index (χ0v) is 12.6. The van der Waals surface area contributed by atoms with Crippen molar-refractivity contribution in [1.82, 2.24) is 24.4 Å². The summed E-state index contributed by atoms with van der Waals surface area (Å²) in [5, 5.41) is 9.03. The summed E-state index contributed by atoms with van der Waals surface area (Å²) in [6, 6.07) is 7.04. The van der Waals surface area contributed by atoms with E-state index in [9.17, 15) is 4.39 Å². The first-order valence-corrected chi connectivity index (χ1v) is 7.44. The molecule has 0 aliphatic carbocycles. The van der Waals surface area contributed by atoms with Crippen molar-refractivity contribution < 1.29 is 4.39 Å². The van der Waals surface area contributed by atoms with Crippen LogP contribution in [0, 0.1) is 5.82 Å². The van der Waals surface area contributed by atoms with Crippen molar-refractivity contribution in [2.75, 3.05) is 5.73 Å². The molecule has 2 N–H and O–H groups in total. The third-order valence-electron chi connectivity index (χ3n) is 3.82. The zero-order valence-electron chi connectivity index (χ0n) is 12.6. The molecule has 0 amide bonds. The molecule has 116 valence electrons. The SMILES string of the molecule is CCCn1nc(N)c2cc(F)c(-c3cnn4ccccc34)nc21. The highest BCUT2D eigenvalue weighted by Crippen LogP contribution is 2.29. The molecule has 0 saturated heterocycles. The standard InChI is InChI=1S/C16H15FN6/c1-2-6-23-16-10(15(18)21-23)8-12(17)14(20-16)11-9-19-22-7-4-3-5-13(11)22/h3-5,7-9H,2,6H2,1H3,(H2,18,21). The van der Waals surface area contributed by atoms with E-state index >= 15 is 0 Å². The van der Waals surface area contributed by atoms with Gasteiger partial charge in [0, 0.05) is 18.3 Å². The lowest BCUT2D eigenvalue weighted by Gasteiger charge is -2.04. The first-order valence-electron chi connectivity index (χ1n) is 7.44. The van der Waals surface area contributed by atoms with E-state index in [4.69, 9.17) is 5.73 Å². The van der Waals surface area contributed by atoms with Gasteiger partial charge in [-0.05, 0) is 24.6 Å². The normalized spacial score (nSPS) is 11.6. The average Bonchev–Trinajstić information content (AvgIpc) is 3.09. The van der Waals surface area contributed by atoms with Crippen LogP contribution in [0.5, 0.6) is 0 Å². The van der Waals surface area contributed by atoms with E-state index in [-0.39, 0.29) is 5.69 Å². The van der Waals surface area contributed by atoms with Gasteiger partial charge in [-0.25, -0.2) is 18.6 Å². The third kappa shape index (κ3) is 2.04. The van der Waals surface area contributed by atoms with Crippen LogP contribution in [-0.4, -0.2) is 24.4 Å².